The van der Waals surface area contributed by atoms with Gasteiger partial charge in [-0.3, -0.25) is 4.79 Å². The fourth-order valence-corrected chi connectivity index (χ4v) is 2.14. The molecule has 5 nitrogen and oxygen atoms in total. The predicted octanol–water partition coefficient (Wildman–Crippen LogP) is 3.24. The van der Waals surface area contributed by atoms with Crippen LogP contribution in [0.2, 0.25) is 0 Å². The molecule has 22 heavy (non-hydrogen) atoms. The Morgan fingerprint density at radius 3 is 2.73 bits per heavy atom. The van der Waals surface area contributed by atoms with Gasteiger partial charge in [0.15, 0.2) is 11.5 Å². The minimum absolute atomic E-state index is 0.210. The number of carbonyl (C=O) groups excluding carboxylic acids is 2. The number of rotatable bonds is 4. The molecule has 0 saturated carbocycles. The first-order valence-electron chi connectivity index (χ1n) is 6.75. The van der Waals surface area contributed by atoms with Gasteiger partial charge in [0.05, 0.1) is 17.3 Å². The maximum absolute atomic E-state index is 12.3. The number of nitrogens with zero attached hydrogens (tertiary/aromatic N) is 1. The Hall–Kier alpha value is -2.95. The van der Waals surface area contributed by atoms with E-state index in [1.807, 2.05) is 18.2 Å². The number of fused-ring (bicyclic) bond motifs is 1. The van der Waals surface area contributed by atoms with Gasteiger partial charge < -0.3 is 9.15 Å². The molecule has 0 N–H and O–H groups in total. The van der Waals surface area contributed by atoms with E-state index in [0.29, 0.717) is 27.9 Å². The molecule has 0 atom stereocenters. The first-order valence-corrected chi connectivity index (χ1v) is 6.75. The second-order valence-electron chi connectivity index (χ2n) is 4.83. The van der Waals surface area contributed by atoms with Crippen LogP contribution in [0, 0.1) is 0 Å². The van der Waals surface area contributed by atoms with Crippen LogP contribution >= 0.6 is 0 Å². The molecule has 3 rings (SSSR count). The maximum Gasteiger partial charge on any atom is 0.339 e. The van der Waals surface area contributed by atoms with Crippen molar-refractivity contribution in [2.45, 2.75) is 6.92 Å². The highest BCUT2D eigenvalue weighted by Crippen LogP contribution is 2.25. The third-order valence-electron chi connectivity index (χ3n) is 3.12. The van der Waals surface area contributed by atoms with E-state index in [-0.39, 0.29) is 12.4 Å². The zero-order valence-electron chi connectivity index (χ0n) is 11.9. The van der Waals surface area contributed by atoms with E-state index < -0.39 is 5.97 Å². The smallest absolute Gasteiger partial charge is 0.339 e. The first-order chi connectivity index (χ1) is 10.6. The number of hydrogen-bond donors (Lipinski definition) is 0. The number of ketones is 1. The zero-order chi connectivity index (χ0) is 15.5. The summed E-state index contributed by atoms with van der Waals surface area (Å²) in [6, 6.07) is 12.4. The van der Waals surface area contributed by atoms with Crippen molar-refractivity contribution in [2.75, 3.05) is 6.61 Å². The molecule has 0 saturated heterocycles. The first kappa shape index (κ1) is 14.0. The molecule has 0 aliphatic rings. The van der Waals surface area contributed by atoms with E-state index in [1.165, 1.54) is 6.92 Å². The molecular formula is C17H13NO4. The normalized spacial score (nSPS) is 10.6. The SMILES string of the molecule is CC(=O)COC(=O)c1cc(-c2ccco2)nc2ccccc12. The summed E-state index contributed by atoms with van der Waals surface area (Å²) in [7, 11) is 0. The zero-order valence-corrected chi connectivity index (χ0v) is 11.9. The van der Waals surface area contributed by atoms with Crippen LogP contribution in [-0.2, 0) is 9.53 Å². The third kappa shape index (κ3) is 2.74. The van der Waals surface area contributed by atoms with Gasteiger partial charge in [-0.2, -0.15) is 0 Å². The molecule has 0 fully saturated rings. The number of pyridine rings is 1. The van der Waals surface area contributed by atoms with Crippen LogP contribution in [0.15, 0.2) is 53.1 Å². The second-order valence-corrected chi connectivity index (χ2v) is 4.83. The minimum Gasteiger partial charge on any atom is -0.463 e. The Morgan fingerprint density at radius 2 is 2.00 bits per heavy atom. The van der Waals surface area contributed by atoms with E-state index in [4.69, 9.17) is 9.15 Å². The van der Waals surface area contributed by atoms with Crippen molar-refractivity contribution < 1.29 is 18.7 Å². The summed E-state index contributed by atoms with van der Waals surface area (Å²) in [6.07, 6.45) is 1.54. The lowest BCUT2D eigenvalue weighted by Gasteiger charge is -2.08. The summed E-state index contributed by atoms with van der Waals surface area (Å²) >= 11 is 0. The Kier molecular flexibility index (Phi) is 3.70. The van der Waals surface area contributed by atoms with E-state index in [2.05, 4.69) is 4.98 Å². The quantitative estimate of drug-likeness (QED) is 0.691. The van der Waals surface area contributed by atoms with Gasteiger partial charge in [-0.05, 0) is 31.2 Å². The Labute approximate surface area is 126 Å². The highest BCUT2D eigenvalue weighted by atomic mass is 16.5. The third-order valence-corrected chi connectivity index (χ3v) is 3.12. The number of para-hydroxylation sites is 1. The second kappa shape index (κ2) is 5.81. The molecule has 1 aromatic carbocycles. The summed E-state index contributed by atoms with van der Waals surface area (Å²) in [5.41, 5.74) is 1.56. The van der Waals surface area contributed by atoms with E-state index >= 15 is 0 Å². The summed E-state index contributed by atoms with van der Waals surface area (Å²) in [5, 5.41) is 0.673. The van der Waals surface area contributed by atoms with Gasteiger partial charge in [-0.25, -0.2) is 9.78 Å². The molecule has 110 valence electrons. The van der Waals surface area contributed by atoms with Crippen LogP contribution in [0.1, 0.15) is 17.3 Å². The van der Waals surface area contributed by atoms with Crippen LogP contribution < -0.4 is 0 Å². The van der Waals surface area contributed by atoms with Crippen LogP contribution in [0.25, 0.3) is 22.4 Å². The average Bonchev–Trinajstić information content (AvgIpc) is 3.06. The number of aromatic nitrogens is 1. The topological polar surface area (TPSA) is 69.4 Å². The van der Waals surface area contributed by atoms with Crippen molar-refractivity contribution >= 4 is 22.7 Å². The van der Waals surface area contributed by atoms with E-state index in [1.54, 1.807) is 30.5 Å². The minimum atomic E-state index is -0.554. The summed E-state index contributed by atoms with van der Waals surface area (Å²) in [5.74, 6) is -0.203. The van der Waals surface area contributed by atoms with E-state index in [0.717, 1.165) is 0 Å². The summed E-state index contributed by atoms with van der Waals surface area (Å²) < 4.78 is 10.4. The summed E-state index contributed by atoms with van der Waals surface area (Å²) in [6.45, 7) is 1.12. The molecule has 0 amide bonds. The molecule has 0 radical (unpaired) electrons. The number of hydrogen-bond acceptors (Lipinski definition) is 5. The Bertz CT molecular complexity index is 837. The number of furan rings is 1. The molecular weight excluding hydrogens is 282 g/mol. The fraction of sp³-hybridized carbons (Fsp3) is 0.118. The Balaban J connectivity index is 2.10. The monoisotopic (exact) mass is 295 g/mol. The maximum atomic E-state index is 12.3. The highest BCUT2D eigenvalue weighted by molar-refractivity contribution is 6.05. The standard InChI is InChI=1S/C17H13NO4/c1-11(19)10-22-17(20)13-9-15(16-7-4-8-21-16)18-14-6-3-2-5-12(13)14/h2-9H,10H2,1H3. The number of ether oxygens (including phenoxy) is 1. The number of carbonyl (C=O) groups is 2. The average molecular weight is 295 g/mol. The molecule has 3 aromatic rings. The molecule has 0 bridgehead atoms. The van der Waals surface area contributed by atoms with Gasteiger partial charge in [0.1, 0.15) is 12.3 Å². The molecule has 0 unspecified atom stereocenters. The largest absolute Gasteiger partial charge is 0.463 e. The van der Waals surface area contributed by atoms with Gasteiger partial charge in [0.25, 0.3) is 0 Å². The lowest BCUT2D eigenvalue weighted by Crippen LogP contribution is -2.12. The van der Waals surface area contributed by atoms with Crippen LogP contribution in [0.4, 0.5) is 0 Å². The van der Waals surface area contributed by atoms with Crippen molar-refractivity contribution in [1.29, 1.82) is 0 Å². The molecule has 2 heterocycles. The van der Waals surface area contributed by atoms with Crippen LogP contribution in [-0.4, -0.2) is 23.3 Å². The molecule has 5 heteroatoms. The molecule has 0 spiro atoms. The van der Waals surface area contributed by atoms with Gasteiger partial charge in [-0.15, -0.1) is 0 Å². The van der Waals surface area contributed by atoms with Crippen molar-refractivity contribution in [3.8, 4) is 11.5 Å². The predicted molar refractivity (Wildman–Crippen MR) is 80.4 cm³/mol. The van der Waals surface area contributed by atoms with Gasteiger partial charge in [0.2, 0.25) is 0 Å². The lowest BCUT2D eigenvalue weighted by atomic mass is 10.1. The van der Waals surface area contributed by atoms with Crippen molar-refractivity contribution in [2.24, 2.45) is 0 Å². The number of esters is 1. The van der Waals surface area contributed by atoms with Gasteiger partial charge >= 0.3 is 5.97 Å². The number of benzene rings is 1. The molecule has 0 aliphatic heterocycles. The summed E-state index contributed by atoms with van der Waals surface area (Å²) in [4.78, 5) is 27.7. The van der Waals surface area contributed by atoms with Gasteiger partial charge in [0, 0.05) is 5.39 Å². The van der Waals surface area contributed by atoms with Crippen LogP contribution in [0.5, 0.6) is 0 Å². The van der Waals surface area contributed by atoms with Crippen LogP contribution in [0.3, 0.4) is 0 Å². The van der Waals surface area contributed by atoms with E-state index in [9.17, 15) is 9.59 Å². The Morgan fingerprint density at radius 1 is 1.18 bits per heavy atom. The van der Waals surface area contributed by atoms with Crippen molar-refractivity contribution in [3.63, 3.8) is 0 Å². The van der Waals surface area contributed by atoms with Crippen molar-refractivity contribution in [1.82, 2.24) is 4.98 Å². The molecule has 0 aliphatic carbocycles. The lowest BCUT2D eigenvalue weighted by molar-refractivity contribution is -0.120. The fourth-order valence-electron chi connectivity index (χ4n) is 2.14. The van der Waals surface area contributed by atoms with Gasteiger partial charge in [-0.1, -0.05) is 18.2 Å². The highest BCUT2D eigenvalue weighted by Gasteiger charge is 2.16. The van der Waals surface area contributed by atoms with Crippen molar-refractivity contribution in [3.05, 3.63) is 54.3 Å². The molecule has 2 aromatic heterocycles. The number of Topliss-reactive ketones (excluding diaryl/α,β-unsaturated/α-hetero) is 1.